The minimum atomic E-state index is -0.00980. The number of aromatic nitrogens is 5. The van der Waals surface area contributed by atoms with E-state index in [0.29, 0.717) is 5.89 Å². The van der Waals surface area contributed by atoms with E-state index in [4.69, 9.17) is 4.52 Å². The van der Waals surface area contributed by atoms with Gasteiger partial charge in [-0.1, -0.05) is 18.5 Å². The summed E-state index contributed by atoms with van der Waals surface area (Å²) in [5, 5.41) is 16.2. The first-order chi connectivity index (χ1) is 11.2. The Morgan fingerprint density at radius 3 is 2.91 bits per heavy atom. The summed E-state index contributed by atoms with van der Waals surface area (Å²) < 4.78 is 7.63. The van der Waals surface area contributed by atoms with Crippen molar-refractivity contribution >= 4 is 0 Å². The first-order valence-electron chi connectivity index (χ1n) is 8.69. The summed E-state index contributed by atoms with van der Waals surface area (Å²) in [5.74, 6) is 3.54. The highest BCUT2D eigenvalue weighted by Crippen LogP contribution is 2.21. The SMILES string of the molecule is CCCCc1noc(C(C)NC(C)c2nnc3n2CCCC3)n1. The lowest BCUT2D eigenvalue weighted by Gasteiger charge is -2.20. The van der Waals surface area contributed by atoms with Gasteiger partial charge in [0.15, 0.2) is 5.82 Å². The van der Waals surface area contributed by atoms with Crippen LogP contribution >= 0.6 is 0 Å². The Hall–Kier alpha value is -1.76. The molecule has 2 aromatic heterocycles. The maximum absolute atomic E-state index is 5.39. The molecule has 1 aliphatic rings. The van der Waals surface area contributed by atoms with Gasteiger partial charge in [0.25, 0.3) is 0 Å². The fourth-order valence-corrected chi connectivity index (χ4v) is 3.05. The molecule has 1 aliphatic heterocycles. The fraction of sp³-hybridized carbons (Fsp3) is 0.750. The Balaban J connectivity index is 1.64. The van der Waals surface area contributed by atoms with E-state index in [9.17, 15) is 0 Å². The maximum atomic E-state index is 5.39. The van der Waals surface area contributed by atoms with Crippen LogP contribution in [-0.2, 0) is 19.4 Å². The fourth-order valence-electron chi connectivity index (χ4n) is 3.05. The van der Waals surface area contributed by atoms with Crippen molar-refractivity contribution < 1.29 is 4.52 Å². The van der Waals surface area contributed by atoms with Crippen molar-refractivity contribution in [3.8, 4) is 0 Å². The predicted molar refractivity (Wildman–Crippen MR) is 85.8 cm³/mol. The predicted octanol–water partition coefficient (Wildman–Crippen LogP) is 2.75. The molecule has 2 aromatic rings. The number of unbranched alkanes of at least 4 members (excludes halogenated alkanes) is 1. The summed E-state index contributed by atoms with van der Waals surface area (Å²) in [6.07, 6.45) is 6.53. The lowest BCUT2D eigenvalue weighted by atomic mass is 10.1. The first-order valence-corrected chi connectivity index (χ1v) is 8.69. The molecule has 0 aliphatic carbocycles. The van der Waals surface area contributed by atoms with Gasteiger partial charge in [-0.3, -0.25) is 5.32 Å². The lowest BCUT2D eigenvalue weighted by molar-refractivity contribution is 0.320. The molecule has 2 atom stereocenters. The largest absolute Gasteiger partial charge is 0.338 e. The van der Waals surface area contributed by atoms with Crippen molar-refractivity contribution in [3.63, 3.8) is 0 Å². The van der Waals surface area contributed by atoms with Gasteiger partial charge < -0.3 is 9.09 Å². The number of rotatable bonds is 7. The van der Waals surface area contributed by atoms with Gasteiger partial charge in [0.05, 0.1) is 12.1 Å². The topological polar surface area (TPSA) is 81.7 Å². The third-order valence-corrected chi connectivity index (χ3v) is 4.38. The first kappa shape index (κ1) is 16.1. The average Bonchev–Trinajstić information content (AvgIpc) is 3.19. The molecule has 7 nitrogen and oxygen atoms in total. The smallest absolute Gasteiger partial charge is 0.243 e. The lowest BCUT2D eigenvalue weighted by Crippen LogP contribution is -2.26. The number of aryl methyl sites for hydroxylation is 2. The molecule has 0 saturated carbocycles. The van der Waals surface area contributed by atoms with Crippen LogP contribution in [0.4, 0.5) is 0 Å². The zero-order valence-electron chi connectivity index (χ0n) is 14.2. The second kappa shape index (κ2) is 7.21. The van der Waals surface area contributed by atoms with Gasteiger partial charge in [-0.25, -0.2) is 0 Å². The molecule has 7 heteroatoms. The number of nitrogens with one attached hydrogen (secondary N) is 1. The highest BCUT2D eigenvalue weighted by atomic mass is 16.5. The standard InChI is InChI=1S/C16H26N6O/c1-4-5-8-13-18-16(23-21-13)12(3)17-11(2)15-20-19-14-9-6-7-10-22(14)15/h11-12,17H,4-10H2,1-3H3. The third kappa shape index (κ3) is 3.60. The van der Waals surface area contributed by atoms with Crippen molar-refractivity contribution in [1.29, 1.82) is 0 Å². The summed E-state index contributed by atoms with van der Waals surface area (Å²) in [5.41, 5.74) is 0. The maximum Gasteiger partial charge on any atom is 0.243 e. The van der Waals surface area contributed by atoms with Crippen LogP contribution in [-0.4, -0.2) is 24.9 Å². The van der Waals surface area contributed by atoms with Gasteiger partial charge in [-0.15, -0.1) is 10.2 Å². The number of hydrogen-bond acceptors (Lipinski definition) is 6. The summed E-state index contributed by atoms with van der Waals surface area (Å²) in [7, 11) is 0. The molecular weight excluding hydrogens is 292 g/mol. The molecule has 0 aromatic carbocycles. The van der Waals surface area contributed by atoms with Crippen molar-refractivity contribution in [3.05, 3.63) is 23.4 Å². The van der Waals surface area contributed by atoms with E-state index in [1.165, 1.54) is 12.8 Å². The Morgan fingerprint density at radius 2 is 2.09 bits per heavy atom. The molecule has 23 heavy (non-hydrogen) atoms. The summed E-state index contributed by atoms with van der Waals surface area (Å²) in [6.45, 7) is 7.32. The van der Waals surface area contributed by atoms with Gasteiger partial charge in [-0.05, 0) is 33.1 Å². The molecule has 2 unspecified atom stereocenters. The Morgan fingerprint density at radius 1 is 1.22 bits per heavy atom. The molecule has 0 saturated heterocycles. The minimum Gasteiger partial charge on any atom is -0.338 e. The van der Waals surface area contributed by atoms with Crippen LogP contribution in [0.5, 0.6) is 0 Å². The molecule has 0 spiro atoms. The van der Waals surface area contributed by atoms with Crippen LogP contribution in [0.15, 0.2) is 4.52 Å². The molecular formula is C16H26N6O. The van der Waals surface area contributed by atoms with Gasteiger partial charge in [0.2, 0.25) is 5.89 Å². The monoisotopic (exact) mass is 318 g/mol. The minimum absolute atomic E-state index is 0.00980. The van der Waals surface area contributed by atoms with Gasteiger partial charge in [-0.2, -0.15) is 4.98 Å². The van der Waals surface area contributed by atoms with E-state index in [0.717, 1.165) is 49.7 Å². The van der Waals surface area contributed by atoms with E-state index in [1.54, 1.807) is 0 Å². The number of nitrogens with zero attached hydrogens (tertiary/aromatic N) is 5. The quantitative estimate of drug-likeness (QED) is 0.845. The average molecular weight is 318 g/mol. The number of hydrogen-bond donors (Lipinski definition) is 1. The van der Waals surface area contributed by atoms with Gasteiger partial charge in [0, 0.05) is 19.4 Å². The van der Waals surface area contributed by atoms with Crippen LogP contribution in [0.1, 0.15) is 81.9 Å². The summed E-state index contributed by atoms with van der Waals surface area (Å²) in [4.78, 5) is 4.49. The van der Waals surface area contributed by atoms with Gasteiger partial charge >= 0.3 is 0 Å². The van der Waals surface area contributed by atoms with E-state index in [2.05, 4.69) is 44.1 Å². The highest BCUT2D eigenvalue weighted by molar-refractivity contribution is 5.04. The zero-order chi connectivity index (χ0) is 16.2. The van der Waals surface area contributed by atoms with Crippen molar-refractivity contribution in [1.82, 2.24) is 30.2 Å². The van der Waals surface area contributed by atoms with Crippen molar-refractivity contribution in [2.45, 2.75) is 77.9 Å². The zero-order valence-corrected chi connectivity index (χ0v) is 14.2. The molecule has 3 rings (SSSR count). The van der Waals surface area contributed by atoms with Gasteiger partial charge in [0.1, 0.15) is 11.6 Å². The molecule has 1 N–H and O–H groups in total. The molecule has 0 bridgehead atoms. The van der Waals surface area contributed by atoms with E-state index < -0.39 is 0 Å². The molecule has 3 heterocycles. The third-order valence-electron chi connectivity index (χ3n) is 4.38. The highest BCUT2D eigenvalue weighted by Gasteiger charge is 2.23. The summed E-state index contributed by atoms with van der Waals surface area (Å²) >= 11 is 0. The Labute approximate surface area is 136 Å². The molecule has 0 radical (unpaired) electrons. The van der Waals surface area contributed by atoms with E-state index >= 15 is 0 Å². The Kier molecular flexibility index (Phi) is 5.05. The second-order valence-electron chi connectivity index (χ2n) is 6.35. The van der Waals surface area contributed by atoms with Crippen molar-refractivity contribution in [2.24, 2.45) is 0 Å². The normalized spacial score (nSPS) is 17.0. The van der Waals surface area contributed by atoms with Crippen LogP contribution in [0.2, 0.25) is 0 Å². The molecule has 0 fully saturated rings. The second-order valence-corrected chi connectivity index (χ2v) is 6.35. The molecule has 0 amide bonds. The van der Waals surface area contributed by atoms with Crippen LogP contribution in [0, 0.1) is 0 Å². The molecule has 126 valence electrons. The van der Waals surface area contributed by atoms with Crippen LogP contribution in [0.25, 0.3) is 0 Å². The van der Waals surface area contributed by atoms with Crippen LogP contribution in [0.3, 0.4) is 0 Å². The number of fused-ring (bicyclic) bond motifs is 1. The van der Waals surface area contributed by atoms with Crippen LogP contribution < -0.4 is 5.32 Å². The van der Waals surface area contributed by atoms with Crippen molar-refractivity contribution in [2.75, 3.05) is 0 Å². The summed E-state index contributed by atoms with van der Waals surface area (Å²) in [6, 6.07) is 0.0831. The van der Waals surface area contributed by atoms with E-state index in [1.807, 2.05) is 6.92 Å². The Bertz CT molecular complexity index is 634. The van der Waals surface area contributed by atoms with E-state index in [-0.39, 0.29) is 12.1 Å².